The maximum Gasteiger partial charge on any atom is 0.322 e. The molecule has 7 heteroatoms. The maximum absolute atomic E-state index is 13.2. The van der Waals surface area contributed by atoms with E-state index in [4.69, 9.17) is 0 Å². The van der Waals surface area contributed by atoms with E-state index in [2.05, 4.69) is 47.0 Å². The molecule has 1 aliphatic carbocycles. The second-order valence-corrected chi connectivity index (χ2v) is 9.86. The molecule has 5 rings (SSSR count). The van der Waals surface area contributed by atoms with E-state index in [9.17, 15) is 19.5 Å². The lowest BCUT2D eigenvalue weighted by Gasteiger charge is -2.37. The number of carbonyl (C=O) groups is 3. The van der Waals surface area contributed by atoms with Gasteiger partial charge in [0, 0.05) is 13.1 Å². The van der Waals surface area contributed by atoms with Crippen LogP contribution in [0.25, 0.3) is 11.1 Å². The van der Waals surface area contributed by atoms with E-state index >= 15 is 0 Å². The molecule has 0 bridgehead atoms. The molecular formula is C27H31N3O4. The van der Waals surface area contributed by atoms with E-state index in [1.165, 1.54) is 16.7 Å². The summed E-state index contributed by atoms with van der Waals surface area (Å²) in [7, 11) is 0. The van der Waals surface area contributed by atoms with E-state index in [0.717, 1.165) is 12.8 Å². The highest BCUT2D eigenvalue weighted by Gasteiger charge is 2.55. The third-order valence-electron chi connectivity index (χ3n) is 7.84. The Bertz CT molecular complexity index is 1060. The number of urea groups is 1. The third kappa shape index (κ3) is 4.32. The fourth-order valence-corrected chi connectivity index (χ4v) is 5.86. The molecule has 3 aliphatic rings. The summed E-state index contributed by atoms with van der Waals surface area (Å²) in [6, 6.07) is 18.4. The fourth-order valence-electron chi connectivity index (χ4n) is 5.86. The molecule has 2 heterocycles. The number of rotatable bonds is 5. The molecule has 3 fully saturated rings. The molecule has 2 aromatic rings. The molecule has 7 nitrogen and oxygen atoms in total. The molecule has 0 spiro atoms. The van der Waals surface area contributed by atoms with E-state index < -0.39 is 23.6 Å². The van der Waals surface area contributed by atoms with Crippen molar-refractivity contribution in [2.24, 2.45) is 5.92 Å². The van der Waals surface area contributed by atoms with Crippen LogP contribution >= 0.6 is 0 Å². The minimum absolute atomic E-state index is 0.0571. The van der Waals surface area contributed by atoms with Crippen molar-refractivity contribution < 1.29 is 19.5 Å². The number of nitrogens with zero attached hydrogens (tertiary/aromatic N) is 1. The average Bonchev–Trinajstić information content (AvgIpc) is 3.42. The van der Waals surface area contributed by atoms with E-state index in [-0.39, 0.29) is 18.2 Å². The highest BCUT2D eigenvalue weighted by Crippen LogP contribution is 2.39. The lowest BCUT2D eigenvalue weighted by molar-refractivity contribution is -0.139. The van der Waals surface area contributed by atoms with Gasteiger partial charge in [-0.15, -0.1) is 0 Å². The van der Waals surface area contributed by atoms with Crippen LogP contribution in [0.3, 0.4) is 0 Å². The number of likely N-dealkylation sites (tertiary alicyclic amines) is 1. The first-order chi connectivity index (χ1) is 16.4. The molecule has 2 aromatic carbocycles. The number of aliphatic hydroxyl groups is 1. The lowest BCUT2D eigenvalue weighted by Crippen LogP contribution is -2.56. The van der Waals surface area contributed by atoms with E-state index in [1.807, 2.05) is 23.1 Å². The highest BCUT2D eigenvalue weighted by atomic mass is 16.3. The van der Waals surface area contributed by atoms with E-state index in [1.54, 1.807) is 0 Å². The predicted octanol–water partition coefficient (Wildman–Crippen LogP) is 3.19. The third-order valence-corrected chi connectivity index (χ3v) is 7.84. The van der Waals surface area contributed by atoms with Crippen molar-refractivity contribution in [3.63, 3.8) is 0 Å². The summed E-state index contributed by atoms with van der Waals surface area (Å²) in [4.78, 5) is 39.7. The smallest absolute Gasteiger partial charge is 0.322 e. The summed E-state index contributed by atoms with van der Waals surface area (Å²) in [5.74, 6) is -0.407. The Morgan fingerprint density at radius 2 is 1.62 bits per heavy atom. The Kier molecular flexibility index (Phi) is 6.13. The fraction of sp³-hybridized carbons (Fsp3) is 0.444. The number of nitrogens with one attached hydrogen (secondary N) is 2. The monoisotopic (exact) mass is 461 g/mol. The second-order valence-electron chi connectivity index (χ2n) is 9.86. The van der Waals surface area contributed by atoms with Crippen molar-refractivity contribution in [2.75, 3.05) is 13.1 Å². The summed E-state index contributed by atoms with van der Waals surface area (Å²) in [5.41, 5.74) is 2.42. The van der Waals surface area contributed by atoms with Crippen LogP contribution in [-0.2, 0) is 9.59 Å². The van der Waals surface area contributed by atoms with Crippen LogP contribution in [0, 0.1) is 5.92 Å². The standard InChI is InChI=1S/C27H31N3O4/c31-23-11-10-22(16-23)27(25(33)28-26(34)29-27)17-24(32)30-14-12-21(13-15-30)20-8-6-19(7-9-20)18-4-2-1-3-5-18/h1-9,21-23,31H,10-17H2,(H2,28,29,33,34). The van der Waals surface area contributed by atoms with Crippen molar-refractivity contribution in [1.82, 2.24) is 15.5 Å². The van der Waals surface area contributed by atoms with Crippen molar-refractivity contribution in [1.29, 1.82) is 0 Å². The van der Waals surface area contributed by atoms with Gasteiger partial charge in [0.25, 0.3) is 5.91 Å². The molecule has 3 atom stereocenters. The Labute approximate surface area is 199 Å². The molecule has 0 radical (unpaired) electrons. The first-order valence-electron chi connectivity index (χ1n) is 12.2. The quantitative estimate of drug-likeness (QED) is 0.596. The first kappa shape index (κ1) is 22.6. The Morgan fingerprint density at radius 1 is 0.941 bits per heavy atom. The number of carbonyl (C=O) groups excluding carboxylic acids is 3. The average molecular weight is 462 g/mol. The topological polar surface area (TPSA) is 98.7 Å². The van der Waals surface area contributed by atoms with Crippen LogP contribution in [-0.4, -0.2) is 52.6 Å². The molecule has 3 N–H and O–H groups in total. The molecule has 34 heavy (non-hydrogen) atoms. The number of benzene rings is 2. The van der Waals surface area contributed by atoms with Gasteiger partial charge in [0.05, 0.1) is 12.5 Å². The zero-order valence-corrected chi connectivity index (χ0v) is 19.2. The predicted molar refractivity (Wildman–Crippen MR) is 128 cm³/mol. The lowest BCUT2D eigenvalue weighted by atomic mass is 9.79. The molecular weight excluding hydrogens is 430 g/mol. The van der Waals surface area contributed by atoms with Gasteiger partial charge < -0.3 is 15.3 Å². The molecule has 3 unspecified atom stereocenters. The number of piperidine rings is 1. The van der Waals surface area contributed by atoms with Gasteiger partial charge in [0.1, 0.15) is 5.54 Å². The maximum atomic E-state index is 13.2. The molecule has 2 aliphatic heterocycles. The SMILES string of the molecule is O=C1NC(=O)C(CC(=O)N2CCC(c3ccc(-c4ccccc4)cc3)CC2)(C2CCC(O)C2)N1. The minimum atomic E-state index is -1.25. The van der Waals surface area contributed by atoms with Gasteiger partial charge in [-0.25, -0.2) is 4.79 Å². The Hall–Kier alpha value is -3.19. The number of amides is 4. The molecule has 2 saturated heterocycles. The first-order valence-corrected chi connectivity index (χ1v) is 12.2. The van der Waals surface area contributed by atoms with Gasteiger partial charge in [-0.2, -0.15) is 0 Å². The minimum Gasteiger partial charge on any atom is -0.393 e. The summed E-state index contributed by atoms with van der Waals surface area (Å²) < 4.78 is 0. The normalized spacial score (nSPS) is 27.5. The van der Waals surface area contributed by atoms with Crippen LogP contribution in [0.2, 0.25) is 0 Å². The molecule has 1 saturated carbocycles. The van der Waals surface area contributed by atoms with E-state index in [0.29, 0.717) is 38.3 Å². The van der Waals surface area contributed by atoms with Crippen LogP contribution in [0.4, 0.5) is 4.79 Å². The summed E-state index contributed by atoms with van der Waals surface area (Å²) in [6.07, 6.45) is 2.79. The number of imide groups is 1. The summed E-state index contributed by atoms with van der Waals surface area (Å²) >= 11 is 0. The van der Waals surface area contributed by atoms with Crippen LogP contribution < -0.4 is 10.6 Å². The largest absolute Gasteiger partial charge is 0.393 e. The second kappa shape index (κ2) is 9.22. The zero-order valence-electron chi connectivity index (χ0n) is 19.2. The van der Waals surface area contributed by atoms with Gasteiger partial charge in [0.15, 0.2) is 0 Å². The van der Waals surface area contributed by atoms with Gasteiger partial charge in [-0.05, 0) is 60.6 Å². The van der Waals surface area contributed by atoms with Crippen LogP contribution in [0.1, 0.15) is 50.0 Å². The highest BCUT2D eigenvalue weighted by molar-refractivity contribution is 6.09. The van der Waals surface area contributed by atoms with Crippen molar-refractivity contribution in [3.05, 3.63) is 60.2 Å². The Balaban J connectivity index is 1.22. The number of aliphatic hydroxyl groups excluding tert-OH is 1. The molecule has 0 aromatic heterocycles. The van der Waals surface area contributed by atoms with Crippen LogP contribution in [0.15, 0.2) is 54.6 Å². The summed E-state index contributed by atoms with van der Waals surface area (Å²) in [6.45, 7) is 1.26. The Morgan fingerprint density at radius 3 is 2.21 bits per heavy atom. The molecule has 178 valence electrons. The van der Waals surface area contributed by atoms with Crippen molar-refractivity contribution in [2.45, 2.75) is 56.1 Å². The van der Waals surface area contributed by atoms with Gasteiger partial charge >= 0.3 is 6.03 Å². The van der Waals surface area contributed by atoms with Crippen molar-refractivity contribution in [3.8, 4) is 11.1 Å². The summed E-state index contributed by atoms with van der Waals surface area (Å²) in [5, 5.41) is 15.0. The zero-order chi connectivity index (χ0) is 23.7. The van der Waals surface area contributed by atoms with Gasteiger partial charge in [-0.1, -0.05) is 54.6 Å². The van der Waals surface area contributed by atoms with Gasteiger partial charge in [-0.3, -0.25) is 14.9 Å². The number of hydrogen-bond donors (Lipinski definition) is 3. The molecule has 4 amide bonds. The number of hydrogen-bond acceptors (Lipinski definition) is 4. The van der Waals surface area contributed by atoms with Crippen molar-refractivity contribution >= 4 is 17.8 Å². The van der Waals surface area contributed by atoms with Crippen LogP contribution in [0.5, 0.6) is 0 Å². The van der Waals surface area contributed by atoms with Gasteiger partial charge in [0.2, 0.25) is 5.91 Å².